The van der Waals surface area contributed by atoms with Gasteiger partial charge in [0.05, 0.1) is 6.04 Å². The molecule has 3 rings (SSSR count). The van der Waals surface area contributed by atoms with Crippen molar-refractivity contribution < 1.29 is 9.59 Å². The Morgan fingerprint density at radius 3 is 2.30 bits per heavy atom. The quantitative estimate of drug-likeness (QED) is 0.886. The standard InChI is InChI=1S/C22H27N3O2/c1-3-24-12-14-25(15-13-24)22(27)20-11-7-10-19(16-20)21(26)23-17(2)18-8-5-4-6-9-18/h4-11,16-17H,3,12-15H2,1-2H3,(H,23,26). The van der Waals surface area contributed by atoms with Crippen LogP contribution in [-0.2, 0) is 0 Å². The molecule has 5 nitrogen and oxygen atoms in total. The van der Waals surface area contributed by atoms with Crippen LogP contribution in [0.5, 0.6) is 0 Å². The number of amides is 2. The lowest BCUT2D eigenvalue weighted by atomic mass is 10.1. The minimum Gasteiger partial charge on any atom is -0.346 e. The maximum Gasteiger partial charge on any atom is 0.253 e. The largest absolute Gasteiger partial charge is 0.346 e. The Hall–Kier alpha value is -2.66. The van der Waals surface area contributed by atoms with E-state index in [4.69, 9.17) is 0 Å². The van der Waals surface area contributed by atoms with Crippen LogP contribution in [0.25, 0.3) is 0 Å². The van der Waals surface area contributed by atoms with Crippen molar-refractivity contribution in [1.82, 2.24) is 15.1 Å². The maximum absolute atomic E-state index is 12.8. The molecule has 1 aliphatic heterocycles. The van der Waals surface area contributed by atoms with Crippen molar-refractivity contribution >= 4 is 11.8 Å². The zero-order valence-electron chi connectivity index (χ0n) is 16.0. The van der Waals surface area contributed by atoms with E-state index in [0.29, 0.717) is 11.1 Å². The summed E-state index contributed by atoms with van der Waals surface area (Å²) in [4.78, 5) is 29.6. The molecule has 0 spiro atoms. The fourth-order valence-corrected chi connectivity index (χ4v) is 3.35. The summed E-state index contributed by atoms with van der Waals surface area (Å²) in [6.45, 7) is 8.36. The van der Waals surface area contributed by atoms with Gasteiger partial charge in [0.25, 0.3) is 11.8 Å². The van der Waals surface area contributed by atoms with Gasteiger partial charge in [0.15, 0.2) is 0 Å². The molecule has 27 heavy (non-hydrogen) atoms. The van der Waals surface area contributed by atoms with E-state index in [1.807, 2.05) is 42.2 Å². The van der Waals surface area contributed by atoms with Gasteiger partial charge in [0.1, 0.15) is 0 Å². The number of rotatable bonds is 5. The number of likely N-dealkylation sites (N-methyl/N-ethyl adjacent to an activating group) is 1. The summed E-state index contributed by atoms with van der Waals surface area (Å²) in [5, 5.41) is 3.00. The summed E-state index contributed by atoms with van der Waals surface area (Å²) in [6.07, 6.45) is 0. The SMILES string of the molecule is CCN1CCN(C(=O)c2cccc(C(=O)NC(C)c3ccccc3)c2)CC1. The molecule has 1 unspecified atom stereocenters. The molecule has 5 heteroatoms. The van der Waals surface area contributed by atoms with Crippen LogP contribution in [0.15, 0.2) is 54.6 Å². The minimum absolute atomic E-state index is 0.00323. The van der Waals surface area contributed by atoms with Crippen LogP contribution in [0.2, 0.25) is 0 Å². The van der Waals surface area contributed by atoms with Crippen LogP contribution in [0, 0.1) is 0 Å². The van der Waals surface area contributed by atoms with Gasteiger partial charge in [-0.1, -0.05) is 43.3 Å². The lowest BCUT2D eigenvalue weighted by Crippen LogP contribution is -2.48. The highest BCUT2D eigenvalue weighted by Crippen LogP contribution is 2.14. The van der Waals surface area contributed by atoms with Crippen LogP contribution >= 0.6 is 0 Å². The summed E-state index contributed by atoms with van der Waals surface area (Å²) in [7, 11) is 0. The molecule has 2 amide bonds. The average molecular weight is 365 g/mol. The van der Waals surface area contributed by atoms with Gasteiger partial charge in [0.2, 0.25) is 0 Å². The lowest BCUT2D eigenvalue weighted by Gasteiger charge is -2.34. The summed E-state index contributed by atoms with van der Waals surface area (Å²) in [5.74, 6) is -0.173. The van der Waals surface area contributed by atoms with E-state index >= 15 is 0 Å². The lowest BCUT2D eigenvalue weighted by molar-refractivity contribution is 0.0643. The topological polar surface area (TPSA) is 52.7 Å². The first-order valence-corrected chi connectivity index (χ1v) is 9.56. The molecule has 0 aromatic heterocycles. The number of nitrogens with one attached hydrogen (secondary N) is 1. The van der Waals surface area contributed by atoms with E-state index in [9.17, 15) is 9.59 Å². The molecule has 1 atom stereocenters. The van der Waals surface area contributed by atoms with Crippen LogP contribution in [0.1, 0.15) is 46.2 Å². The molecule has 0 bridgehead atoms. The number of nitrogens with zero attached hydrogens (tertiary/aromatic N) is 2. The number of carbonyl (C=O) groups is 2. The number of hydrogen-bond donors (Lipinski definition) is 1. The molecular weight excluding hydrogens is 338 g/mol. The van der Waals surface area contributed by atoms with Gasteiger partial charge in [-0.3, -0.25) is 9.59 Å². The van der Waals surface area contributed by atoms with E-state index in [1.54, 1.807) is 24.3 Å². The highest BCUT2D eigenvalue weighted by atomic mass is 16.2. The second kappa shape index (κ2) is 8.82. The Morgan fingerprint density at radius 1 is 0.963 bits per heavy atom. The fraction of sp³-hybridized carbons (Fsp3) is 0.364. The second-order valence-electron chi connectivity index (χ2n) is 6.91. The zero-order valence-corrected chi connectivity index (χ0v) is 16.0. The van der Waals surface area contributed by atoms with Crippen molar-refractivity contribution in [3.05, 3.63) is 71.3 Å². The third kappa shape index (κ3) is 4.74. The monoisotopic (exact) mass is 365 g/mol. The van der Waals surface area contributed by atoms with Crippen LogP contribution < -0.4 is 5.32 Å². The van der Waals surface area contributed by atoms with Gasteiger partial charge >= 0.3 is 0 Å². The number of piperazine rings is 1. The summed E-state index contributed by atoms with van der Waals surface area (Å²) in [6, 6.07) is 16.7. The molecule has 1 aliphatic rings. The smallest absolute Gasteiger partial charge is 0.253 e. The number of carbonyl (C=O) groups excluding carboxylic acids is 2. The molecule has 0 saturated carbocycles. The predicted octanol–water partition coefficient (Wildman–Crippen LogP) is 2.96. The van der Waals surface area contributed by atoms with Crippen LogP contribution in [0.4, 0.5) is 0 Å². The first kappa shape index (κ1) is 19.1. The number of hydrogen-bond acceptors (Lipinski definition) is 3. The Bertz CT molecular complexity index is 783. The Labute approximate surface area is 161 Å². The Kier molecular flexibility index (Phi) is 6.24. The molecule has 1 heterocycles. The van der Waals surface area contributed by atoms with E-state index < -0.39 is 0 Å². The summed E-state index contributed by atoms with van der Waals surface area (Å²) < 4.78 is 0. The zero-order chi connectivity index (χ0) is 19.2. The summed E-state index contributed by atoms with van der Waals surface area (Å²) >= 11 is 0. The van der Waals surface area contributed by atoms with Crippen molar-refractivity contribution in [2.45, 2.75) is 19.9 Å². The van der Waals surface area contributed by atoms with Crippen molar-refractivity contribution in [2.24, 2.45) is 0 Å². The molecule has 0 radical (unpaired) electrons. The fourth-order valence-electron chi connectivity index (χ4n) is 3.35. The van der Waals surface area contributed by atoms with E-state index in [0.717, 1.165) is 38.3 Å². The molecule has 142 valence electrons. The minimum atomic E-state index is -0.170. The third-order valence-corrected chi connectivity index (χ3v) is 5.13. The first-order valence-electron chi connectivity index (χ1n) is 9.56. The normalized spacial score (nSPS) is 16.0. The van der Waals surface area contributed by atoms with Gasteiger partial charge < -0.3 is 15.1 Å². The third-order valence-electron chi connectivity index (χ3n) is 5.13. The second-order valence-corrected chi connectivity index (χ2v) is 6.91. The first-order chi connectivity index (χ1) is 13.1. The molecule has 2 aromatic carbocycles. The van der Waals surface area contributed by atoms with Crippen molar-refractivity contribution in [3.63, 3.8) is 0 Å². The molecular formula is C22H27N3O2. The Morgan fingerprint density at radius 2 is 1.63 bits per heavy atom. The molecule has 0 aliphatic carbocycles. The maximum atomic E-state index is 12.8. The average Bonchev–Trinajstić information content (AvgIpc) is 2.74. The van der Waals surface area contributed by atoms with Gasteiger partial charge in [-0.05, 0) is 37.2 Å². The molecule has 1 N–H and O–H groups in total. The predicted molar refractivity (Wildman–Crippen MR) is 107 cm³/mol. The van der Waals surface area contributed by atoms with Crippen LogP contribution in [0.3, 0.4) is 0 Å². The van der Waals surface area contributed by atoms with Crippen molar-refractivity contribution in [1.29, 1.82) is 0 Å². The number of benzene rings is 2. The van der Waals surface area contributed by atoms with Gasteiger partial charge in [-0.25, -0.2) is 0 Å². The molecule has 1 fully saturated rings. The van der Waals surface area contributed by atoms with Crippen molar-refractivity contribution in [2.75, 3.05) is 32.7 Å². The van der Waals surface area contributed by atoms with Crippen molar-refractivity contribution in [3.8, 4) is 0 Å². The Balaban J connectivity index is 1.66. The summed E-state index contributed by atoms with van der Waals surface area (Å²) in [5.41, 5.74) is 2.13. The van der Waals surface area contributed by atoms with Crippen LogP contribution in [-0.4, -0.2) is 54.3 Å². The molecule has 1 saturated heterocycles. The van der Waals surface area contributed by atoms with E-state index in [1.165, 1.54) is 0 Å². The molecule has 2 aromatic rings. The van der Waals surface area contributed by atoms with E-state index in [-0.39, 0.29) is 17.9 Å². The van der Waals surface area contributed by atoms with Gasteiger partial charge in [0, 0.05) is 37.3 Å². The van der Waals surface area contributed by atoms with E-state index in [2.05, 4.69) is 17.1 Å². The van der Waals surface area contributed by atoms with Gasteiger partial charge in [-0.2, -0.15) is 0 Å². The van der Waals surface area contributed by atoms with Gasteiger partial charge in [-0.15, -0.1) is 0 Å². The highest BCUT2D eigenvalue weighted by Gasteiger charge is 2.22. The highest BCUT2D eigenvalue weighted by molar-refractivity contribution is 5.99.